The van der Waals surface area contributed by atoms with Gasteiger partial charge in [-0.15, -0.1) is 0 Å². The Kier molecular flexibility index (Phi) is 3.64. The van der Waals surface area contributed by atoms with Gasteiger partial charge in [0.05, 0.1) is 23.8 Å². The number of H-pyrrole nitrogens is 1. The van der Waals surface area contributed by atoms with Gasteiger partial charge >= 0.3 is 0 Å². The van der Waals surface area contributed by atoms with Gasteiger partial charge in [-0.25, -0.2) is 4.98 Å². The van der Waals surface area contributed by atoms with Crippen molar-refractivity contribution in [2.24, 2.45) is 0 Å². The average Bonchev–Trinajstić information content (AvgIpc) is 2.99. The molecule has 0 aliphatic rings. The van der Waals surface area contributed by atoms with Crippen LogP contribution in [0.1, 0.15) is 25.6 Å². The third-order valence-electron chi connectivity index (χ3n) is 3.02. The maximum atomic E-state index is 5.76. The van der Waals surface area contributed by atoms with Gasteiger partial charge in [0.25, 0.3) is 0 Å². The zero-order chi connectivity index (χ0) is 14.7. The normalized spacial score (nSPS) is 10.8. The molecule has 3 rings (SSSR count). The minimum Gasteiger partial charge on any atom is -0.456 e. The van der Waals surface area contributed by atoms with Gasteiger partial charge in [0.1, 0.15) is 17.3 Å². The predicted molar refractivity (Wildman–Crippen MR) is 80.2 cm³/mol. The Hall–Kier alpha value is -2.69. The van der Waals surface area contributed by atoms with Gasteiger partial charge in [0, 0.05) is 24.4 Å². The number of aromatic amines is 1. The van der Waals surface area contributed by atoms with E-state index in [1.807, 2.05) is 24.3 Å². The summed E-state index contributed by atoms with van der Waals surface area (Å²) in [6.45, 7) is 4.19. The van der Waals surface area contributed by atoms with Crippen LogP contribution >= 0.6 is 0 Å². The summed E-state index contributed by atoms with van der Waals surface area (Å²) >= 11 is 0. The first-order chi connectivity index (χ1) is 10.2. The highest BCUT2D eigenvalue weighted by atomic mass is 16.5. The van der Waals surface area contributed by atoms with Gasteiger partial charge in [-0.05, 0) is 18.2 Å². The lowest BCUT2D eigenvalue weighted by Crippen LogP contribution is -1.91. The van der Waals surface area contributed by atoms with Crippen LogP contribution < -0.4 is 4.74 Å². The van der Waals surface area contributed by atoms with Crippen molar-refractivity contribution in [3.05, 3.63) is 54.9 Å². The largest absolute Gasteiger partial charge is 0.456 e. The van der Waals surface area contributed by atoms with Crippen LogP contribution in [0.3, 0.4) is 0 Å². The molecule has 0 saturated carbocycles. The number of pyridine rings is 2. The number of nitrogens with one attached hydrogen (secondary N) is 1. The van der Waals surface area contributed by atoms with Gasteiger partial charge in [0.2, 0.25) is 0 Å². The lowest BCUT2D eigenvalue weighted by atomic mass is 10.2. The van der Waals surface area contributed by atoms with Gasteiger partial charge in [-0.1, -0.05) is 13.8 Å². The zero-order valence-corrected chi connectivity index (χ0v) is 11.9. The summed E-state index contributed by atoms with van der Waals surface area (Å²) in [6, 6.07) is 7.39. The molecule has 0 spiro atoms. The van der Waals surface area contributed by atoms with E-state index in [1.165, 1.54) is 0 Å². The van der Waals surface area contributed by atoms with Gasteiger partial charge in [-0.3, -0.25) is 9.97 Å². The third-order valence-corrected chi connectivity index (χ3v) is 3.02. The van der Waals surface area contributed by atoms with E-state index < -0.39 is 0 Å². The van der Waals surface area contributed by atoms with Crippen LogP contribution in [0.5, 0.6) is 11.5 Å². The van der Waals surface area contributed by atoms with Crippen molar-refractivity contribution in [3.63, 3.8) is 0 Å². The maximum Gasteiger partial charge on any atom is 0.145 e. The summed E-state index contributed by atoms with van der Waals surface area (Å²) in [5, 5.41) is 0. The molecular formula is C16H16N4O. The van der Waals surface area contributed by atoms with Crippen LogP contribution in [0.25, 0.3) is 11.4 Å². The number of aromatic nitrogens is 4. The molecule has 0 radical (unpaired) electrons. The number of ether oxygens (including phenoxy) is 1. The first-order valence-corrected chi connectivity index (χ1v) is 6.81. The second-order valence-corrected chi connectivity index (χ2v) is 5.00. The molecule has 0 bridgehead atoms. The van der Waals surface area contributed by atoms with Crippen LogP contribution in [-0.2, 0) is 0 Å². The SMILES string of the molecule is CC(C)c1ncc(-c2cc(Oc3cccnc3)ccn2)[nH]1. The van der Waals surface area contributed by atoms with E-state index in [1.54, 1.807) is 24.8 Å². The highest BCUT2D eigenvalue weighted by Crippen LogP contribution is 2.25. The fourth-order valence-electron chi connectivity index (χ4n) is 1.93. The number of hydrogen-bond donors (Lipinski definition) is 1. The molecule has 3 heterocycles. The molecule has 5 heteroatoms. The lowest BCUT2D eigenvalue weighted by Gasteiger charge is -2.06. The van der Waals surface area contributed by atoms with Crippen LogP contribution in [0.15, 0.2) is 49.1 Å². The van der Waals surface area contributed by atoms with Gasteiger partial charge < -0.3 is 9.72 Å². The van der Waals surface area contributed by atoms with Crippen molar-refractivity contribution in [2.45, 2.75) is 19.8 Å². The Bertz CT molecular complexity index is 722. The van der Waals surface area contributed by atoms with E-state index in [0.29, 0.717) is 17.4 Å². The Balaban J connectivity index is 1.85. The third kappa shape index (κ3) is 3.08. The molecule has 0 amide bonds. The van der Waals surface area contributed by atoms with Crippen molar-refractivity contribution < 1.29 is 4.74 Å². The van der Waals surface area contributed by atoms with Crippen molar-refractivity contribution in [1.82, 2.24) is 19.9 Å². The summed E-state index contributed by atoms with van der Waals surface area (Å²) < 4.78 is 5.76. The summed E-state index contributed by atoms with van der Waals surface area (Å²) in [5.41, 5.74) is 1.69. The summed E-state index contributed by atoms with van der Waals surface area (Å²) in [4.78, 5) is 16.0. The molecule has 106 valence electrons. The number of hydrogen-bond acceptors (Lipinski definition) is 4. The molecule has 21 heavy (non-hydrogen) atoms. The van der Waals surface area contributed by atoms with Crippen molar-refractivity contribution in [1.29, 1.82) is 0 Å². The summed E-state index contributed by atoms with van der Waals surface area (Å²) in [6.07, 6.45) is 6.90. The van der Waals surface area contributed by atoms with E-state index >= 15 is 0 Å². The average molecular weight is 280 g/mol. The molecule has 0 aliphatic carbocycles. The van der Waals surface area contributed by atoms with Crippen molar-refractivity contribution >= 4 is 0 Å². The lowest BCUT2D eigenvalue weighted by molar-refractivity contribution is 0.480. The van der Waals surface area contributed by atoms with E-state index in [-0.39, 0.29) is 0 Å². The topological polar surface area (TPSA) is 63.7 Å². The van der Waals surface area contributed by atoms with Crippen LogP contribution in [0.4, 0.5) is 0 Å². The molecule has 0 atom stereocenters. The first kappa shape index (κ1) is 13.3. The number of imidazole rings is 1. The Labute approximate surface area is 123 Å². The number of rotatable bonds is 4. The fourth-order valence-corrected chi connectivity index (χ4v) is 1.93. The van der Waals surface area contributed by atoms with Crippen molar-refractivity contribution in [2.75, 3.05) is 0 Å². The standard InChI is InChI=1S/C16H16N4O/c1-11(2)16-19-10-15(20-16)14-8-12(5-7-18-14)21-13-4-3-6-17-9-13/h3-11H,1-2H3,(H,19,20). The Morgan fingerprint density at radius 1 is 1.05 bits per heavy atom. The maximum absolute atomic E-state index is 5.76. The van der Waals surface area contributed by atoms with Crippen LogP contribution in [0.2, 0.25) is 0 Å². The summed E-state index contributed by atoms with van der Waals surface area (Å²) in [5.74, 6) is 2.72. The van der Waals surface area contributed by atoms with Gasteiger partial charge in [0.15, 0.2) is 0 Å². The highest BCUT2D eigenvalue weighted by Gasteiger charge is 2.08. The molecular weight excluding hydrogens is 264 g/mol. The first-order valence-electron chi connectivity index (χ1n) is 6.81. The van der Waals surface area contributed by atoms with E-state index in [4.69, 9.17) is 4.74 Å². The van der Waals surface area contributed by atoms with E-state index in [0.717, 1.165) is 17.2 Å². The van der Waals surface area contributed by atoms with E-state index in [9.17, 15) is 0 Å². The minimum absolute atomic E-state index is 0.355. The van der Waals surface area contributed by atoms with Gasteiger partial charge in [-0.2, -0.15) is 0 Å². The second-order valence-electron chi connectivity index (χ2n) is 5.00. The van der Waals surface area contributed by atoms with Crippen molar-refractivity contribution in [3.8, 4) is 22.9 Å². The minimum atomic E-state index is 0.355. The molecule has 3 aromatic rings. The summed E-state index contributed by atoms with van der Waals surface area (Å²) in [7, 11) is 0. The molecule has 5 nitrogen and oxygen atoms in total. The monoisotopic (exact) mass is 280 g/mol. The van der Waals surface area contributed by atoms with Crippen LogP contribution in [-0.4, -0.2) is 19.9 Å². The predicted octanol–water partition coefficient (Wildman–Crippen LogP) is 3.78. The smallest absolute Gasteiger partial charge is 0.145 e. The Morgan fingerprint density at radius 3 is 2.67 bits per heavy atom. The fraction of sp³-hybridized carbons (Fsp3) is 0.188. The molecule has 1 N–H and O–H groups in total. The van der Waals surface area contributed by atoms with Crippen LogP contribution in [0, 0.1) is 0 Å². The quantitative estimate of drug-likeness (QED) is 0.790. The Morgan fingerprint density at radius 2 is 1.95 bits per heavy atom. The highest BCUT2D eigenvalue weighted by molar-refractivity contribution is 5.55. The number of nitrogens with zero attached hydrogens (tertiary/aromatic N) is 3. The molecule has 3 aromatic heterocycles. The molecule has 0 unspecified atom stereocenters. The zero-order valence-electron chi connectivity index (χ0n) is 11.9. The molecule has 0 fully saturated rings. The molecule has 0 aliphatic heterocycles. The second kappa shape index (κ2) is 5.75. The van der Waals surface area contributed by atoms with E-state index in [2.05, 4.69) is 33.8 Å². The molecule has 0 saturated heterocycles. The molecule has 0 aromatic carbocycles.